The monoisotopic (exact) mass is 428 g/mol. The van der Waals surface area contributed by atoms with Gasteiger partial charge in [-0.25, -0.2) is 14.0 Å². The SMILES string of the molecule is Cc1ccc(N(Cc2cc(CN3CCN(C(=O)N(C)C)CC3)ccc2F)C(N)=O)cn1. The molecule has 9 heteroatoms. The van der Waals surface area contributed by atoms with E-state index >= 15 is 0 Å². The van der Waals surface area contributed by atoms with Crippen molar-refractivity contribution in [3.63, 3.8) is 0 Å². The Kier molecular flexibility index (Phi) is 7.06. The van der Waals surface area contributed by atoms with Crippen LogP contribution in [-0.4, -0.2) is 72.0 Å². The average molecular weight is 429 g/mol. The van der Waals surface area contributed by atoms with E-state index in [0.717, 1.165) is 24.3 Å². The number of aromatic nitrogens is 1. The molecular weight excluding hydrogens is 399 g/mol. The van der Waals surface area contributed by atoms with Crippen molar-refractivity contribution in [2.45, 2.75) is 20.0 Å². The zero-order valence-corrected chi connectivity index (χ0v) is 18.2. The van der Waals surface area contributed by atoms with Crippen LogP contribution in [0.3, 0.4) is 0 Å². The molecule has 3 rings (SSSR count). The Morgan fingerprint density at radius 1 is 1.13 bits per heavy atom. The van der Waals surface area contributed by atoms with Gasteiger partial charge in [-0.05, 0) is 36.8 Å². The predicted molar refractivity (Wildman–Crippen MR) is 117 cm³/mol. The average Bonchev–Trinajstić information content (AvgIpc) is 2.74. The lowest BCUT2D eigenvalue weighted by molar-refractivity contribution is 0.120. The lowest BCUT2D eigenvalue weighted by Gasteiger charge is -2.36. The number of hydrogen-bond acceptors (Lipinski definition) is 4. The van der Waals surface area contributed by atoms with Crippen molar-refractivity contribution in [2.24, 2.45) is 5.73 Å². The van der Waals surface area contributed by atoms with E-state index in [1.165, 1.54) is 11.0 Å². The summed E-state index contributed by atoms with van der Waals surface area (Å²) in [6, 6.07) is 7.80. The molecule has 0 saturated carbocycles. The summed E-state index contributed by atoms with van der Waals surface area (Å²) < 4.78 is 14.5. The topological polar surface area (TPSA) is 86.0 Å². The lowest BCUT2D eigenvalue weighted by Crippen LogP contribution is -2.51. The first-order valence-corrected chi connectivity index (χ1v) is 10.2. The molecule has 1 aliphatic rings. The molecule has 1 aromatic heterocycles. The summed E-state index contributed by atoms with van der Waals surface area (Å²) in [6.07, 6.45) is 1.55. The summed E-state index contributed by atoms with van der Waals surface area (Å²) in [5, 5.41) is 0. The summed E-state index contributed by atoms with van der Waals surface area (Å²) >= 11 is 0. The number of nitrogens with zero attached hydrogens (tertiary/aromatic N) is 5. The zero-order valence-electron chi connectivity index (χ0n) is 18.2. The van der Waals surface area contributed by atoms with Crippen LogP contribution < -0.4 is 10.6 Å². The highest BCUT2D eigenvalue weighted by molar-refractivity contribution is 5.90. The van der Waals surface area contributed by atoms with Crippen LogP contribution in [0.25, 0.3) is 0 Å². The van der Waals surface area contributed by atoms with Crippen LogP contribution in [-0.2, 0) is 13.1 Å². The van der Waals surface area contributed by atoms with E-state index in [1.807, 2.05) is 11.8 Å². The van der Waals surface area contributed by atoms with Gasteiger partial charge in [0.05, 0.1) is 18.4 Å². The van der Waals surface area contributed by atoms with Gasteiger partial charge in [-0.15, -0.1) is 0 Å². The number of anilines is 1. The van der Waals surface area contributed by atoms with Crippen molar-refractivity contribution in [3.8, 4) is 0 Å². The molecule has 31 heavy (non-hydrogen) atoms. The van der Waals surface area contributed by atoms with Crippen molar-refractivity contribution in [2.75, 3.05) is 45.2 Å². The Morgan fingerprint density at radius 2 is 1.84 bits per heavy atom. The number of amides is 4. The first-order valence-electron chi connectivity index (χ1n) is 10.2. The molecule has 0 unspecified atom stereocenters. The number of piperazine rings is 1. The highest BCUT2D eigenvalue weighted by Gasteiger charge is 2.22. The van der Waals surface area contributed by atoms with Crippen LogP contribution in [0, 0.1) is 12.7 Å². The first kappa shape index (κ1) is 22.5. The molecule has 4 amide bonds. The van der Waals surface area contributed by atoms with Gasteiger partial charge < -0.3 is 15.5 Å². The third-order valence-corrected chi connectivity index (χ3v) is 5.34. The minimum Gasteiger partial charge on any atom is -0.351 e. The van der Waals surface area contributed by atoms with E-state index in [9.17, 15) is 14.0 Å². The highest BCUT2D eigenvalue weighted by atomic mass is 19.1. The third-order valence-electron chi connectivity index (χ3n) is 5.34. The quantitative estimate of drug-likeness (QED) is 0.793. The number of primary amides is 1. The Morgan fingerprint density at radius 3 is 2.42 bits per heavy atom. The molecule has 1 saturated heterocycles. The minimum absolute atomic E-state index is 0.0147. The molecule has 0 bridgehead atoms. The molecule has 8 nitrogen and oxygen atoms in total. The maximum atomic E-state index is 14.5. The number of benzene rings is 1. The first-order chi connectivity index (χ1) is 14.7. The highest BCUT2D eigenvalue weighted by Crippen LogP contribution is 2.20. The number of rotatable bonds is 5. The van der Waals surface area contributed by atoms with Crippen LogP contribution in [0.15, 0.2) is 36.5 Å². The minimum atomic E-state index is -0.669. The van der Waals surface area contributed by atoms with E-state index in [4.69, 9.17) is 5.73 Å². The maximum Gasteiger partial charge on any atom is 0.319 e. The standard InChI is InChI=1S/C22H29FN6O2/c1-16-4-6-19(13-25-16)29(21(24)30)15-18-12-17(5-7-20(18)23)14-27-8-10-28(11-9-27)22(31)26(2)3/h4-7,12-13H,8-11,14-15H2,1-3H3,(H2,24,30). The van der Waals surface area contributed by atoms with Crippen LogP contribution in [0.1, 0.15) is 16.8 Å². The Labute approximate surface area is 182 Å². The number of nitrogens with two attached hydrogens (primary N) is 1. The van der Waals surface area contributed by atoms with Gasteiger partial charge in [-0.2, -0.15) is 0 Å². The van der Waals surface area contributed by atoms with Gasteiger partial charge in [0, 0.05) is 58.1 Å². The molecule has 1 aromatic carbocycles. The fourth-order valence-electron chi connectivity index (χ4n) is 3.57. The Bertz CT molecular complexity index is 926. The van der Waals surface area contributed by atoms with E-state index in [2.05, 4.69) is 9.88 Å². The Hall–Kier alpha value is -3.20. The van der Waals surface area contributed by atoms with E-state index in [-0.39, 0.29) is 12.6 Å². The molecule has 0 radical (unpaired) electrons. The number of urea groups is 2. The molecule has 0 aliphatic carbocycles. The molecular formula is C22H29FN6O2. The number of hydrogen-bond donors (Lipinski definition) is 1. The normalized spacial score (nSPS) is 14.4. The van der Waals surface area contributed by atoms with Gasteiger partial charge >= 0.3 is 12.1 Å². The van der Waals surface area contributed by atoms with Crippen LogP contribution in [0.4, 0.5) is 19.7 Å². The summed E-state index contributed by atoms with van der Waals surface area (Å²) in [5.74, 6) is -0.392. The van der Waals surface area contributed by atoms with Crippen molar-refractivity contribution < 1.29 is 14.0 Å². The molecule has 1 fully saturated rings. The summed E-state index contributed by atoms with van der Waals surface area (Å²) in [5.41, 5.74) is 8.20. The summed E-state index contributed by atoms with van der Waals surface area (Å²) in [4.78, 5) is 35.2. The van der Waals surface area contributed by atoms with Crippen LogP contribution in [0.5, 0.6) is 0 Å². The lowest BCUT2D eigenvalue weighted by atomic mass is 10.1. The van der Waals surface area contributed by atoms with E-state index in [1.54, 1.807) is 49.5 Å². The van der Waals surface area contributed by atoms with Gasteiger partial charge in [-0.1, -0.05) is 6.07 Å². The largest absolute Gasteiger partial charge is 0.351 e. The third kappa shape index (κ3) is 5.69. The van der Waals surface area contributed by atoms with Crippen molar-refractivity contribution in [3.05, 3.63) is 59.2 Å². The van der Waals surface area contributed by atoms with Crippen LogP contribution >= 0.6 is 0 Å². The zero-order chi connectivity index (χ0) is 22.5. The van der Waals surface area contributed by atoms with Gasteiger partial charge in [-0.3, -0.25) is 14.8 Å². The molecule has 1 aliphatic heterocycles. The van der Waals surface area contributed by atoms with Gasteiger partial charge in [0.2, 0.25) is 0 Å². The molecule has 2 aromatic rings. The fraction of sp³-hybridized carbons (Fsp3) is 0.409. The van der Waals surface area contributed by atoms with Crippen LogP contribution in [0.2, 0.25) is 0 Å². The number of carbonyl (C=O) groups excluding carboxylic acids is 2. The Balaban J connectivity index is 1.68. The molecule has 2 heterocycles. The number of pyridine rings is 1. The second-order valence-electron chi connectivity index (χ2n) is 7.95. The summed E-state index contributed by atoms with van der Waals surface area (Å²) in [6.45, 7) is 5.30. The second-order valence-corrected chi connectivity index (χ2v) is 7.95. The van der Waals surface area contributed by atoms with Gasteiger partial charge in [0.25, 0.3) is 0 Å². The van der Waals surface area contributed by atoms with Crippen molar-refractivity contribution >= 4 is 17.7 Å². The maximum absolute atomic E-state index is 14.5. The van der Waals surface area contributed by atoms with Gasteiger partial charge in [0.15, 0.2) is 0 Å². The second kappa shape index (κ2) is 9.74. The van der Waals surface area contributed by atoms with Crippen molar-refractivity contribution in [1.82, 2.24) is 19.7 Å². The molecule has 0 spiro atoms. The molecule has 166 valence electrons. The summed E-state index contributed by atoms with van der Waals surface area (Å²) in [7, 11) is 3.49. The number of carbonyl (C=O) groups is 2. The smallest absolute Gasteiger partial charge is 0.319 e. The van der Waals surface area contributed by atoms with E-state index < -0.39 is 11.8 Å². The predicted octanol–water partition coefficient (Wildman–Crippen LogP) is 2.41. The van der Waals surface area contributed by atoms with Crippen molar-refractivity contribution in [1.29, 1.82) is 0 Å². The fourth-order valence-corrected chi connectivity index (χ4v) is 3.57. The van der Waals surface area contributed by atoms with Gasteiger partial charge in [0.1, 0.15) is 5.82 Å². The molecule has 0 atom stereocenters. The number of aryl methyl sites for hydroxylation is 1. The van der Waals surface area contributed by atoms with E-state index in [0.29, 0.717) is 30.9 Å². The number of halogens is 1. The molecule has 2 N–H and O–H groups in total.